The number of aryl methyl sites for hydroxylation is 1. The summed E-state index contributed by atoms with van der Waals surface area (Å²) in [5.74, 6) is 0.0684. The molecule has 2 heterocycles. The highest BCUT2D eigenvalue weighted by Crippen LogP contribution is 2.40. The Morgan fingerprint density at radius 3 is 2.50 bits per heavy atom. The Kier molecular flexibility index (Phi) is 4.30. The van der Waals surface area contributed by atoms with Crippen molar-refractivity contribution in [1.82, 2.24) is 4.98 Å². The minimum absolute atomic E-state index is 0.0952. The van der Waals surface area contributed by atoms with Gasteiger partial charge in [0, 0.05) is 23.0 Å². The van der Waals surface area contributed by atoms with E-state index in [1.807, 2.05) is 6.92 Å². The highest BCUT2D eigenvalue weighted by Gasteiger charge is 2.40. The Morgan fingerprint density at radius 2 is 1.75 bits per heavy atom. The van der Waals surface area contributed by atoms with E-state index < -0.39 is 17.9 Å². The summed E-state index contributed by atoms with van der Waals surface area (Å²) >= 11 is 0. The van der Waals surface area contributed by atoms with Gasteiger partial charge in [0.05, 0.1) is 5.56 Å². The van der Waals surface area contributed by atoms with Gasteiger partial charge in [0.25, 0.3) is 5.91 Å². The number of para-hydroxylation sites is 1. The second-order valence-corrected chi connectivity index (χ2v) is 6.54. The van der Waals surface area contributed by atoms with Crippen molar-refractivity contribution >= 4 is 17.4 Å². The number of alkyl halides is 3. The van der Waals surface area contributed by atoms with E-state index in [0.29, 0.717) is 16.9 Å². The molecule has 28 heavy (non-hydrogen) atoms. The topological polar surface area (TPSA) is 45.2 Å². The number of hydrogen-bond acceptors (Lipinski definition) is 3. The Hall–Kier alpha value is -3.35. The number of nitrogens with zero attached hydrogens (tertiary/aromatic N) is 2. The number of halogens is 3. The van der Waals surface area contributed by atoms with Crippen LogP contribution in [0.1, 0.15) is 33.2 Å². The number of amides is 1. The zero-order valence-electron chi connectivity index (χ0n) is 14.9. The lowest BCUT2D eigenvalue weighted by atomic mass is 10.1. The third-order valence-electron chi connectivity index (χ3n) is 4.64. The Labute approximate surface area is 159 Å². The third-order valence-corrected chi connectivity index (χ3v) is 4.64. The van der Waals surface area contributed by atoms with Gasteiger partial charge < -0.3 is 5.32 Å². The van der Waals surface area contributed by atoms with Crippen molar-refractivity contribution in [3.8, 4) is 0 Å². The molecule has 4 rings (SSSR count). The average molecular weight is 383 g/mol. The maximum atomic E-state index is 13.4. The van der Waals surface area contributed by atoms with Gasteiger partial charge in [-0.1, -0.05) is 30.3 Å². The lowest BCUT2D eigenvalue weighted by Crippen LogP contribution is -2.33. The second kappa shape index (κ2) is 6.67. The smallest absolute Gasteiger partial charge is 0.361 e. The number of rotatable bonds is 3. The Morgan fingerprint density at radius 1 is 1.04 bits per heavy atom. The molecule has 1 amide bonds. The van der Waals surface area contributed by atoms with Crippen LogP contribution in [0.5, 0.6) is 0 Å². The van der Waals surface area contributed by atoms with Crippen molar-refractivity contribution < 1.29 is 18.0 Å². The van der Waals surface area contributed by atoms with Crippen molar-refractivity contribution in [2.24, 2.45) is 0 Å². The van der Waals surface area contributed by atoms with Crippen LogP contribution in [0, 0.1) is 6.92 Å². The second-order valence-electron chi connectivity index (χ2n) is 6.54. The summed E-state index contributed by atoms with van der Waals surface area (Å²) in [5, 5.41) is 2.92. The normalized spacial score (nSPS) is 16.2. The zero-order valence-corrected chi connectivity index (χ0v) is 14.9. The first kappa shape index (κ1) is 18.0. The molecular formula is C21H16F3N3O. The molecule has 0 spiro atoms. The minimum Gasteiger partial charge on any atom is -0.361 e. The number of pyridine rings is 1. The van der Waals surface area contributed by atoms with Crippen LogP contribution in [0.15, 0.2) is 66.9 Å². The number of carbonyl (C=O) groups excluding carboxylic acids is 1. The van der Waals surface area contributed by atoms with Gasteiger partial charge in [0.1, 0.15) is 12.0 Å². The van der Waals surface area contributed by atoms with Gasteiger partial charge in [-0.05, 0) is 42.8 Å². The van der Waals surface area contributed by atoms with E-state index in [4.69, 9.17) is 0 Å². The van der Waals surface area contributed by atoms with E-state index in [0.717, 1.165) is 11.6 Å². The number of hydrogen-bond donors (Lipinski definition) is 1. The van der Waals surface area contributed by atoms with Crippen LogP contribution in [0.2, 0.25) is 0 Å². The zero-order chi connectivity index (χ0) is 19.9. The molecule has 0 bridgehead atoms. The number of benzene rings is 2. The van der Waals surface area contributed by atoms with Crippen LogP contribution in [-0.2, 0) is 6.18 Å². The molecule has 0 aliphatic carbocycles. The molecule has 1 aliphatic rings. The van der Waals surface area contributed by atoms with E-state index in [1.54, 1.807) is 42.6 Å². The van der Waals surface area contributed by atoms with Crippen molar-refractivity contribution in [1.29, 1.82) is 0 Å². The first-order valence-corrected chi connectivity index (χ1v) is 8.64. The van der Waals surface area contributed by atoms with Crippen molar-refractivity contribution in [2.45, 2.75) is 19.3 Å². The summed E-state index contributed by atoms with van der Waals surface area (Å²) in [7, 11) is 0. The molecule has 1 N–H and O–H groups in total. The molecule has 142 valence electrons. The number of anilines is 2. The SMILES string of the molecule is Cc1ccnc(N2C(=O)c3ccccc3[C@@H]2Nc2ccccc2C(F)(F)F)c1. The predicted molar refractivity (Wildman–Crippen MR) is 100 cm³/mol. The van der Waals surface area contributed by atoms with Gasteiger partial charge in [0.15, 0.2) is 0 Å². The lowest BCUT2D eigenvalue weighted by Gasteiger charge is -2.27. The first-order valence-electron chi connectivity index (χ1n) is 8.64. The van der Waals surface area contributed by atoms with E-state index in [-0.39, 0.29) is 11.6 Å². The van der Waals surface area contributed by atoms with Crippen LogP contribution in [0.3, 0.4) is 0 Å². The van der Waals surface area contributed by atoms with Crippen molar-refractivity contribution in [3.63, 3.8) is 0 Å². The summed E-state index contributed by atoms with van der Waals surface area (Å²) in [6.45, 7) is 1.86. The average Bonchev–Trinajstić information content (AvgIpc) is 2.94. The van der Waals surface area contributed by atoms with Crippen molar-refractivity contribution in [3.05, 3.63) is 89.1 Å². The van der Waals surface area contributed by atoms with Crippen LogP contribution in [0.25, 0.3) is 0 Å². The molecule has 1 aliphatic heterocycles. The quantitative estimate of drug-likeness (QED) is 0.678. The summed E-state index contributed by atoms with van der Waals surface area (Å²) in [5.41, 5.74) is 1.05. The van der Waals surface area contributed by atoms with Gasteiger partial charge in [-0.2, -0.15) is 13.2 Å². The molecule has 2 aromatic carbocycles. The van der Waals surface area contributed by atoms with Gasteiger partial charge in [0.2, 0.25) is 0 Å². The molecule has 0 fully saturated rings. The Bertz CT molecular complexity index is 1050. The molecule has 0 radical (unpaired) electrons. The molecular weight excluding hydrogens is 367 g/mol. The molecule has 1 aromatic heterocycles. The predicted octanol–water partition coefficient (Wildman–Crippen LogP) is 5.18. The summed E-state index contributed by atoms with van der Waals surface area (Å²) in [6.07, 6.45) is -3.75. The third kappa shape index (κ3) is 3.09. The Balaban J connectivity index is 1.82. The number of nitrogens with one attached hydrogen (secondary N) is 1. The first-order chi connectivity index (χ1) is 13.4. The van der Waals surface area contributed by atoms with Gasteiger partial charge >= 0.3 is 6.18 Å². The lowest BCUT2D eigenvalue weighted by molar-refractivity contribution is -0.137. The monoisotopic (exact) mass is 383 g/mol. The van der Waals surface area contributed by atoms with E-state index in [2.05, 4.69) is 10.3 Å². The fraction of sp³-hybridized carbons (Fsp3) is 0.143. The standard InChI is InChI=1S/C21H16F3N3O/c1-13-10-11-25-18(12-13)27-19(14-6-2-3-7-15(14)20(27)28)26-17-9-5-4-8-16(17)21(22,23)24/h2-12,19,26H,1H3/t19-/m1/s1. The summed E-state index contributed by atoms with van der Waals surface area (Å²) in [4.78, 5) is 18.7. The van der Waals surface area contributed by atoms with E-state index in [9.17, 15) is 18.0 Å². The largest absolute Gasteiger partial charge is 0.418 e. The molecule has 0 unspecified atom stereocenters. The van der Waals surface area contributed by atoms with E-state index in [1.165, 1.54) is 23.1 Å². The fourth-order valence-electron chi connectivity index (χ4n) is 3.35. The highest BCUT2D eigenvalue weighted by molar-refractivity contribution is 6.11. The maximum Gasteiger partial charge on any atom is 0.418 e. The van der Waals surface area contributed by atoms with Crippen LogP contribution < -0.4 is 10.2 Å². The van der Waals surface area contributed by atoms with Gasteiger partial charge in [-0.3, -0.25) is 9.69 Å². The minimum atomic E-state index is -4.52. The van der Waals surface area contributed by atoms with Crippen LogP contribution >= 0.6 is 0 Å². The number of aromatic nitrogens is 1. The highest BCUT2D eigenvalue weighted by atomic mass is 19.4. The molecule has 3 aromatic rings. The molecule has 0 saturated carbocycles. The van der Waals surface area contributed by atoms with Crippen molar-refractivity contribution in [2.75, 3.05) is 10.2 Å². The molecule has 7 heteroatoms. The number of fused-ring (bicyclic) bond motifs is 1. The van der Waals surface area contributed by atoms with Gasteiger partial charge in [-0.25, -0.2) is 4.98 Å². The fourth-order valence-corrected chi connectivity index (χ4v) is 3.35. The maximum absolute atomic E-state index is 13.4. The molecule has 0 saturated heterocycles. The van der Waals surface area contributed by atoms with Crippen LogP contribution in [0.4, 0.5) is 24.7 Å². The number of carbonyl (C=O) groups is 1. The molecule has 4 nitrogen and oxygen atoms in total. The van der Waals surface area contributed by atoms with Gasteiger partial charge in [-0.15, -0.1) is 0 Å². The molecule has 1 atom stereocenters. The van der Waals surface area contributed by atoms with Crippen LogP contribution in [-0.4, -0.2) is 10.9 Å². The summed E-state index contributed by atoms with van der Waals surface area (Å²) in [6, 6.07) is 15.6. The van der Waals surface area contributed by atoms with E-state index >= 15 is 0 Å². The summed E-state index contributed by atoms with van der Waals surface area (Å²) < 4.78 is 40.3.